The van der Waals surface area contributed by atoms with Gasteiger partial charge in [0.05, 0.1) is 0 Å². The summed E-state index contributed by atoms with van der Waals surface area (Å²) in [7, 11) is 0. The van der Waals surface area contributed by atoms with Crippen molar-refractivity contribution in [1.29, 1.82) is 0 Å². The molecule has 0 bridgehead atoms. The minimum absolute atomic E-state index is 0.0333. The van der Waals surface area contributed by atoms with Crippen molar-refractivity contribution in [2.75, 3.05) is 0 Å². The van der Waals surface area contributed by atoms with Crippen molar-refractivity contribution >= 4 is 49.2 Å². The van der Waals surface area contributed by atoms with E-state index < -0.39 is 2.80 Å². The molecule has 7 heteroatoms. The summed E-state index contributed by atoms with van der Waals surface area (Å²) in [5, 5.41) is 0. The summed E-state index contributed by atoms with van der Waals surface area (Å²) in [6, 6.07) is 43.1. The fourth-order valence-electron chi connectivity index (χ4n) is 8.02. The van der Waals surface area contributed by atoms with Gasteiger partial charge in [0.15, 0.2) is 0 Å². The van der Waals surface area contributed by atoms with Crippen LogP contribution in [-0.4, -0.2) is 31.5 Å². The Morgan fingerprint density at radius 1 is 0.607 bits per heavy atom. The first-order valence-electron chi connectivity index (χ1n) is 19.2. The number of allylic oxidation sites excluding steroid dienone is 3. The van der Waals surface area contributed by atoms with Crippen LogP contribution in [0.15, 0.2) is 149 Å². The van der Waals surface area contributed by atoms with Crippen LogP contribution >= 0.6 is 31.9 Å². The van der Waals surface area contributed by atoms with Crippen molar-refractivity contribution in [3.63, 3.8) is 0 Å². The van der Waals surface area contributed by atoms with E-state index in [4.69, 9.17) is 19.5 Å². The quantitative estimate of drug-likeness (QED) is 0.103. The Morgan fingerprint density at radius 3 is 1.66 bits per heavy atom. The van der Waals surface area contributed by atoms with Crippen molar-refractivity contribution in [2.45, 2.75) is 78.9 Å². The first-order valence-corrected chi connectivity index (χ1v) is 21.7. The molecular weight excluding hydrogens is 915 g/mol. The second kappa shape index (κ2) is 16.6. The van der Waals surface area contributed by atoms with Crippen LogP contribution in [0.1, 0.15) is 69.6 Å². The molecule has 0 saturated heterocycles. The third-order valence-corrected chi connectivity index (χ3v) is 14.9. The number of aliphatic imine (C=N–C) groups is 2. The van der Waals surface area contributed by atoms with Crippen LogP contribution in [0.25, 0.3) is 16.7 Å². The van der Waals surface area contributed by atoms with Crippen LogP contribution in [0, 0.1) is 27.7 Å². The molecule has 6 atom stereocenters. The summed E-state index contributed by atoms with van der Waals surface area (Å²) in [5.41, 5.74) is 14.4. The fraction of sp³-hybridized carbons (Fsp3) is 0.265. The first-order chi connectivity index (χ1) is 27.0. The number of halogens is 2. The summed E-state index contributed by atoms with van der Waals surface area (Å²) < 4.78 is 13.2. The topological polar surface area (TPSA) is 43.2 Å². The van der Waals surface area contributed by atoms with Gasteiger partial charge >= 0.3 is 265 Å². The molecule has 1 aliphatic carbocycles. The van der Waals surface area contributed by atoms with Gasteiger partial charge in [-0.25, -0.2) is 0 Å². The van der Waals surface area contributed by atoms with Crippen LogP contribution in [0.3, 0.4) is 0 Å². The molecular formula is C49H45Br2N2O2Pd. The molecule has 4 unspecified atom stereocenters. The number of aryl methyl sites for hydroxylation is 4. The zero-order valence-corrected chi connectivity index (χ0v) is 36.7. The molecule has 0 aromatic heterocycles. The van der Waals surface area contributed by atoms with E-state index in [0.717, 1.165) is 17.5 Å². The molecule has 3 aliphatic rings. The van der Waals surface area contributed by atoms with E-state index in [2.05, 4.69) is 212 Å². The normalized spacial score (nSPS) is 24.5. The van der Waals surface area contributed by atoms with Crippen molar-refractivity contribution in [3.8, 4) is 11.1 Å². The van der Waals surface area contributed by atoms with Crippen molar-refractivity contribution in [1.82, 2.24) is 0 Å². The van der Waals surface area contributed by atoms with Crippen LogP contribution < -0.4 is 0 Å². The Bertz CT molecular complexity index is 2400. The fourth-order valence-corrected chi connectivity index (χ4v) is 9.41. The van der Waals surface area contributed by atoms with E-state index >= 15 is 0 Å². The molecule has 2 heterocycles. The van der Waals surface area contributed by atoms with Gasteiger partial charge in [0.25, 0.3) is 0 Å². The number of hydrogen-bond donors (Lipinski definition) is 0. The van der Waals surface area contributed by atoms with E-state index in [-0.39, 0.29) is 29.1 Å². The maximum atomic E-state index is 6.84. The van der Waals surface area contributed by atoms with Crippen LogP contribution in [0.4, 0.5) is 0 Å². The van der Waals surface area contributed by atoms with Gasteiger partial charge in [-0.2, -0.15) is 0 Å². The minimum atomic E-state index is -0.442. The zero-order valence-electron chi connectivity index (χ0n) is 32.0. The maximum absolute atomic E-state index is 6.84. The second-order valence-corrected chi connectivity index (χ2v) is 19.8. The molecule has 287 valence electrons. The number of hydrogen-bond acceptors (Lipinski definition) is 4. The standard InChI is InChI=1S/C49H45Br2N2O2.Pd/c1-30-10-5-15-35(20-30)37-17-9-14-34(24-37)25-43-48(38-18-7-12-32(3)22-38)54-45(52-43)29-46-53-44(49(55-46)39-19-8-13-33(4)23-39)28-41-26-40(27-42(50)47(41)51)36-16-6-11-31(2)21-36;/h5-24,26-27,42-44,48-49H,25,28-29H2,1-4H3;/t42?,43-,44-,48?,49?;/m1./s1. The molecule has 56 heavy (non-hydrogen) atoms. The van der Waals surface area contributed by atoms with Crippen molar-refractivity contribution < 1.29 is 28.7 Å². The number of nitrogens with zero attached hydrogens (tertiary/aromatic N) is 2. The Labute approximate surface area is 358 Å². The zero-order chi connectivity index (χ0) is 39.0. The van der Waals surface area contributed by atoms with Crippen LogP contribution in [-0.2, 0) is 35.1 Å². The first kappa shape index (κ1) is 39.0. The third-order valence-electron chi connectivity index (χ3n) is 10.8. The van der Waals surface area contributed by atoms with Gasteiger partial charge in [-0.3, -0.25) is 0 Å². The summed E-state index contributed by atoms with van der Waals surface area (Å²) in [5.74, 6) is 1.32. The van der Waals surface area contributed by atoms with Crippen molar-refractivity contribution in [3.05, 3.63) is 184 Å². The monoisotopic (exact) mass is 957 g/mol. The van der Waals surface area contributed by atoms with Crippen molar-refractivity contribution in [2.24, 2.45) is 9.98 Å². The summed E-state index contributed by atoms with van der Waals surface area (Å²) in [4.78, 5) is 10.6. The predicted octanol–water partition coefficient (Wildman–Crippen LogP) is 12.4. The molecule has 0 saturated carbocycles. The molecule has 4 nitrogen and oxygen atoms in total. The predicted molar refractivity (Wildman–Crippen MR) is 234 cm³/mol. The summed E-state index contributed by atoms with van der Waals surface area (Å²) in [6.45, 7) is 8.52. The number of rotatable bonds is 10. The van der Waals surface area contributed by atoms with Gasteiger partial charge in [-0.05, 0) is 25.0 Å². The molecule has 0 spiro atoms. The van der Waals surface area contributed by atoms with E-state index in [9.17, 15) is 0 Å². The Morgan fingerprint density at radius 2 is 1.09 bits per heavy atom. The molecule has 0 fully saturated rings. The van der Waals surface area contributed by atoms with E-state index in [1.807, 2.05) is 0 Å². The molecule has 5 aromatic carbocycles. The average Bonchev–Trinajstić information content (AvgIpc) is 3.76. The number of ether oxygens (including phenoxy) is 2. The summed E-state index contributed by atoms with van der Waals surface area (Å²) in [6.07, 6.45) is 5.96. The van der Waals surface area contributed by atoms with Gasteiger partial charge < -0.3 is 0 Å². The average molecular weight is 960 g/mol. The van der Waals surface area contributed by atoms with Gasteiger partial charge in [0.1, 0.15) is 0 Å². The van der Waals surface area contributed by atoms with E-state index in [1.165, 1.54) is 55.7 Å². The van der Waals surface area contributed by atoms with E-state index in [1.54, 1.807) is 0 Å². The molecule has 0 radical (unpaired) electrons. The molecule has 5 aromatic rings. The Hall–Kier alpha value is -3.86. The molecule has 0 N–H and O–H groups in total. The van der Waals surface area contributed by atoms with Gasteiger partial charge in [-0.15, -0.1) is 0 Å². The Balaban J connectivity index is 1.09. The Kier molecular flexibility index (Phi) is 11.5. The third kappa shape index (κ3) is 8.68. The number of benzene rings is 5. The van der Waals surface area contributed by atoms with E-state index in [0.29, 0.717) is 24.6 Å². The van der Waals surface area contributed by atoms with Gasteiger partial charge in [-0.1, -0.05) is 71.8 Å². The number of alkyl halides is 2. The van der Waals surface area contributed by atoms with Crippen LogP contribution in [0.2, 0.25) is 0 Å². The molecule has 0 amide bonds. The van der Waals surface area contributed by atoms with Crippen LogP contribution in [0.5, 0.6) is 0 Å². The molecule has 8 rings (SSSR count). The van der Waals surface area contributed by atoms with Gasteiger partial charge in [0.2, 0.25) is 0 Å². The molecule has 2 aliphatic heterocycles. The summed E-state index contributed by atoms with van der Waals surface area (Å²) >= 11 is 11.7. The SMILES string of the molecule is Cc1cccc(C2=CC(Br)[C](Br)([Pd])C(C[C@H]3N=C(CC4=N[C@H](Cc5cccc(-c6cccc(C)c6)c5)C(c5cccc(C)c5)O4)OC3c3cccc(C)c3)=C2)c1. The van der Waals surface area contributed by atoms with Gasteiger partial charge in [0, 0.05) is 0 Å². The second-order valence-electron chi connectivity index (χ2n) is 15.4.